The number of rotatable bonds is 6. The quantitative estimate of drug-likeness (QED) is 0.762. The van der Waals surface area contributed by atoms with E-state index in [0.29, 0.717) is 6.42 Å². The standard InChI is InChI=1S/C22H27NO5/c1-22(2,3)28-21(25)23-19(20(24)27-5)13-15-9-11-16(12-10-15)17-7-6-8-18(14-17)26-4/h6-12,14,19H,13H2,1-5H3,(H,23,25)/t19-/m0/s1. The molecular weight excluding hydrogens is 358 g/mol. The zero-order chi connectivity index (χ0) is 20.7. The molecule has 0 aliphatic heterocycles. The van der Waals surface area contributed by atoms with Crippen LogP contribution in [0.5, 0.6) is 5.75 Å². The Morgan fingerprint density at radius 3 is 2.25 bits per heavy atom. The van der Waals surface area contributed by atoms with Gasteiger partial charge in [0.15, 0.2) is 0 Å². The van der Waals surface area contributed by atoms with Gasteiger partial charge in [-0.2, -0.15) is 0 Å². The molecule has 0 unspecified atom stereocenters. The molecule has 150 valence electrons. The van der Waals surface area contributed by atoms with Gasteiger partial charge in [-0.3, -0.25) is 0 Å². The summed E-state index contributed by atoms with van der Waals surface area (Å²) in [5.41, 5.74) is 2.29. The number of hydrogen-bond acceptors (Lipinski definition) is 5. The summed E-state index contributed by atoms with van der Waals surface area (Å²) in [6.45, 7) is 5.28. The molecule has 1 amide bonds. The van der Waals surface area contributed by atoms with Gasteiger partial charge in [-0.25, -0.2) is 9.59 Å². The van der Waals surface area contributed by atoms with Crippen molar-refractivity contribution in [2.75, 3.05) is 14.2 Å². The molecule has 6 nitrogen and oxygen atoms in total. The van der Waals surface area contributed by atoms with Crippen molar-refractivity contribution in [3.05, 3.63) is 54.1 Å². The molecule has 0 fully saturated rings. The number of esters is 1. The normalized spacial score (nSPS) is 12.0. The Morgan fingerprint density at radius 1 is 1.00 bits per heavy atom. The molecule has 0 aliphatic carbocycles. The molecule has 0 spiro atoms. The molecule has 0 aliphatic rings. The molecule has 0 heterocycles. The average Bonchev–Trinajstić information content (AvgIpc) is 2.66. The summed E-state index contributed by atoms with van der Waals surface area (Å²) < 4.78 is 15.3. The lowest BCUT2D eigenvalue weighted by Gasteiger charge is -2.22. The van der Waals surface area contributed by atoms with Crippen LogP contribution in [0.25, 0.3) is 11.1 Å². The molecule has 1 N–H and O–H groups in total. The van der Waals surface area contributed by atoms with E-state index in [1.54, 1.807) is 27.9 Å². The van der Waals surface area contributed by atoms with Crippen LogP contribution in [0.15, 0.2) is 48.5 Å². The van der Waals surface area contributed by atoms with E-state index in [1.165, 1.54) is 7.11 Å². The number of alkyl carbamates (subject to hydrolysis) is 1. The Hall–Kier alpha value is -3.02. The first-order valence-electron chi connectivity index (χ1n) is 9.02. The minimum Gasteiger partial charge on any atom is -0.497 e. The van der Waals surface area contributed by atoms with Crippen molar-refractivity contribution in [2.45, 2.75) is 38.8 Å². The number of benzene rings is 2. The Morgan fingerprint density at radius 2 is 1.68 bits per heavy atom. The predicted octanol–water partition coefficient (Wildman–Crippen LogP) is 3.97. The molecule has 2 aromatic rings. The molecule has 0 radical (unpaired) electrons. The summed E-state index contributed by atoms with van der Waals surface area (Å²) in [5, 5.41) is 2.58. The zero-order valence-electron chi connectivity index (χ0n) is 16.9. The van der Waals surface area contributed by atoms with E-state index in [2.05, 4.69) is 5.32 Å². The highest BCUT2D eigenvalue weighted by molar-refractivity contribution is 5.81. The fraction of sp³-hybridized carbons (Fsp3) is 0.364. The summed E-state index contributed by atoms with van der Waals surface area (Å²) in [4.78, 5) is 24.1. The number of amides is 1. The van der Waals surface area contributed by atoms with Crippen LogP contribution in [0, 0.1) is 0 Å². The summed E-state index contributed by atoms with van der Waals surface area (Å²) in [6, 6.07) is 14.7. The van der Waals surface area contributed by atoms with Crippen LogP contribution in [-0.4, -0.2) is 37.9 Å². The highest BCUT2D eigenvalue weighted by Gasteiger charge is 2.25. The lowest BCUT2D eigenvalue weighted by atomic mass is 10.0. The van der Waals surface area contributed by atoms with Crippen molar-refractivity contribution in [3.63, 3.8) is 0 Å². The van der Waals surface area contributed by atoms with Crippen LogP contribution in [0.3, 0.4) is 0 Å². The first kappa shape index (κ1) is 21.3. The molecule has 1 atom stereocenters. The van der Waals surface area contributed by atoms with Crippen LogP contribution in [0.2, 0.25) is 0 Å². The molecular formula is C22H27NO5. The molecule has 6 heteroatoms. The monoisotopic (exact) mass is 385 g/mol. The highest BCUT2D eigenvalue weighted by Crippen LogP contribution is 2.24. The molecule has 0 saturated heterocycles. The van der Waals surface area contributed by atoms with Gasteiger partial charge in [0.1, 0.15) is 17.4 Å². The minimum atomic E-state index is -0.831. The smallest absolute Gasteiger partial charge is 0.408 e. The van der Waals surface area contributed by atoms with Crippen LogP contribution < -0.4 is 10.1 Å². The second-order valence-corrected chi connectivity index (χ2v) is 7.35. The van der Waals surface area contributed by atoms with Crippen molar-refractivity contribution in [2.24, 2.45) is 0 Å². The zero-order valence-corrected chi connectivity index (χ0v) is 16.9. The number of carbonyl (C=O) groups excluding carboxylic acids is 2. The summed E-state index contributed by atoms with van der Waals surface area (Å²) in [5.74, 6) is 0.261. The molecule has 28 heavy (non-hydrogen) atoms. The molecule has 0 saturated carbocycles. The van der Waals surface area contributed by atoms with E-state index in [4.69, 9.17) is 14.2 Å². The minimum absolute atomic E-state index is 0.296. The van der Waals surface area contributed by atoms with Crippen LogP contribution >= 0.6 is 0 Å². The van der Waals surface area contributed by atoms with E-state index in [9.17, 15) is 9.59 Å². The second kappa shape index (κ2) is 9.26. The first-order chi connectivity index (χ1) is 13.2. The van der Waals surface area contributed by atoms with Gasteiger partial charge >= 0.3 is 12.1 Å². The first-order valence-corrected chi connectivity index (χ1v) is 9.02. The van der Waals surface area contributed by atoms with Gasteiger partial charge in [0.25, 0.3) is 0 Å². The van der Waals surface area contributed by atoms with Crippen LogP contribution in [0.1, 0.15) is 26.3 Å². The Labute approximate surface area is 165 Å². The van der Waals surface area contributed by atoms with Crippen molar-refractivity contribution in [1.29, 1.82) is 0 Å². The summed E-state index contributed by atoms with van der Waals surface area (Å²) in [6.07, 6.45) is -0.361. The van der Waals surface area contributed by atoms with E-state index >= 15 is 0 Å². The van der Waals surface area contributed by atoms with Crippen LogP contribution in [0.4, 0.5) is 4.79 Å². The predicted molar refractivity (Wildman–Crippen MR) is 107 cm³/mol. The van der Waals surface area contributed by atoms with Gasteiger partial charge in [0, 0.05) is 6.42 Å². The number of methoxy groups -OCH3 is 2. The van der Waals surface area contributed by atoms with E-state index in [-0.39, 0.29) is 0 Å². The average molecular weight is 385 g/mol. The summed E-state index contributed by atoms with van der Waals surface area (Å²) >= 11 is 0. The van der Waals surface area contributed by atoms with Gasteiger partial charge in [-0.1, -0.05) is 36.4 Å². The van der Waals surface area contributed by atoms with Gasteiger partial charge < -0.3 is 19.5 Å². The molecule has 2 aromatic carbocycles. The Kier molecular flexibility index (Phi) is 7.04. The van der Waals surface area contributed by atoms with Gasteiger partial charge in [0.2, 0.25) is 0 Å². The Bertz CT molecular complexity index is 808. The fourth-order valence-corrected chi connectivity index (χ4v) is 2.66. The topological polar surface area (TPSA) is 73.9 Å². The molecule has 0 aromatic heterocycles. The second-order valence-electron chi connectivity index (χ2n) is 7.35. The lowest BCUT2D eigenvalue weighted by Crippen LogP contribution is -2.45. The molecule has 2 rings (SSSR count). The third kappa shape index (κ3) is 6.30. The number of hydrogen-bond donors (Lipinski definition) is 1. The Balaban J connectivity index is 2.11. The highest BCUT2D eigenvalue weighted by atomic mass is 16.6. The number of carbonyl (C=O) groups is 2. The van der Waals surface area contributed by atoms with Gasteiger partial charge in [0.05, 0.1) is 14.2 Å². The lowest BCUT2D eigenvalue weighted by molar-refractivity contribution is -0.143. The SMILES string of the molecule is COC(=O)[C@H](Cc1ccc(-c2cccc(OC)c2)cc1)NC(=O)OC(C)(C)C. The van der Waals surface area contributed by atoms with Crippen molar-refractivity contribution in [3.8, 4) is 16.9 Å². The van der Waals surface area contributed by atoms with Crippen molar-refractivity contribution in [1.82, 2.24) is 5.32 Å². The maximum Gasteiger partial charge on any atom is 0.408 e. The van der Waals surface area contributed by atoms with Gasteiger partial charge in [-0.05, 0) is 49.6 Å². The number of nitrogens with one attached hydrogen (secondary N) is 1. The van der Waals surface area contributed by atoms with Gasteiger partial charge in [-0.15, -0.1) is 0 Å². The largest absolute Gasteiger partial charge is 0.497 e. The van der Waals surface area contributed by atoms with E-state index in [1.807, 2.05) is 48.5 Å². The summed E-state index contributed by atoms with van der Waals surface area (Å²) in [7, 11) is 2.92. The van der Waals surface area contributed by atoms with E-state index < -0.39 is 23.7 Å². The van der Waals surface area contributed by atoms with E-state index in [0.717, 1.165) is 22.4 Å². The fourth-order valence-electron chi connectivity index (χ4n) is 2.66. The maximum atomic E-state index is 12.1. The maximum absolute atomic E-state index is 12.1. The van der Waals surface area contributed by atoms with Crippen molar-refractivity contribution < 1.29 is 23.8 Å². The molecule has 0 bridgehead atoms. The third-order valence-electron chi connectivity index (χ3n) is 3.97. The van der Waals surface area contributed by atoms with Crippen molar-refractivity contribution >= 4 is 12.1 Å². The third-order valence-corrected chi connectivity index (χ3v) is 3.97. The number of ether oxygens (including phenoxy) is 3. The van der Waals surface area contributed by atoms with Crippen LogP contribution in [-0.2, 0) is 20.7 Å².